The van der Waals surface area contributed by atoms with Crippen LogP contribution in [0.1, 0.15) is 30.0 Å². The highest BCUT2D eigenvalue weighted by molar-refractivity contribution is 5.74. The molecular formula is C10H12F2N2O. The molecule has 3 nitrogen and oxygen atoms in total. The molecule has 0 aromatic heterocycles. The molecule has 5 heteroatoms. The molecule has 0 saturated heterocycles. The molecule has 0 aliphatic heterocycles. The number of carbonyl (C=O) groups excluding carboxylic acids is 1. The van der Waals surface area contributed by atoms with Gasteiger partial charge in [0.25, 0.3) is 6.43 Å². The van der Waals surface area contributed by atoms with Crippen LogP contribution in [0.25, 0.3) is 0 Å². The van der Waals surface area contributed by atoms with Gasteiger partial charge in [-0.05, 0) is 11.6 Å². The highest BCUT2D eigenvalue weighted by Crippen LogP contribution is 2.22. The van der Waals surface area contributed by atoms with E-state index in [-0.39, 0.29) is 12.0 Å². The van der Waals surface area contributed by atoms with Gasteiger partial charge in [0.1, 0.15) is 0 Å². The zero-order chi connectivity index (χ0) is 11.4. The Morgan fingerprint density at radius 2 is 1.93 bits per heavy atom. The number of nitrogens with two attached hydrogens (primary N) is 2. The molecule has 0 radical (unpaired) electrons. The van der Waals surface area contributed by atoms with Crippen LogP contribution in [0.15, 0.2) is 24.3 Å². The molecule has 0 fully saturated rings. The van der Waals surface area contributed by atoms with E-state index in [4.69, 9.17) is 11.5 Å². The maximum Gasteiger partial charge on any atom is 0.263 e. The molecule has 1 aromatic rings. The summed E-state index contributed by atoms with van der Waals surface area (Å²) in [6.45, 7) is 0. The average Bonchev–Trinajstić information content (AvgIpc) is 2.17. The van der Waals surface area contributed by atoms with Crippen LogP contribution in [-0.2, 0) is 4.79 Å². The summed E-state index contributed by atoms with van der Waals surface area (Å²) in [5.41, 5.74) is 11.0. The number of carbonyl (C=O) groups is 1. The van der Waals surface area contributed by atoms with Gasteiger partial charge in [0, 0.05) is 18.0 Å². The maximum atomic E-state index is 12.3. The monoisotopic (exact) mass is 214 g/mol. The fraction of sp³-hybridized carbons (Fsp3) is 0.300. The van der Waals surface area contributed by atoms with Gasteiger partial charge in [-0.1, -0.05) is 18.2 Å². The summed E-state index contributed by atoms with van der Waals surface area (Å²) in [6, 6.07) is 5.06. The Kier molecular flexibility index (Phi) is 3.74. The first-order valence-electron chi connectivity index (χ1n) is 4.42. The molecular weight excluding hydrogens is 202 g/mol. The Hall–Kier alpha value is -1.49. The zero-order valence-corrected chi connectivity index (χ0v) is 7.99. The standard InChI is InChI=1S/C10H12F2N2O/c11-10(12)7-3-1-2-6(4-7)8(13)5-9(14)15/h1-4,8,10H,5,13H2,(H2,14,15)/t8-/m1/s1. The predicted octanol–water partition coefficient (Wildman–Crippen LogP) is 1.50. The molecule has 0 spiro atoms. The lowest BCUT2D eigenvalue weighted by Gasteiger charge is -2.11. The third kappa shape index (κ3) is 3.28. The van der Waals surface area contributed by atoms with Gasteiger partial charge in [-0.25, -0.2) is 8.78 Å². The molecule has 82 valence electrons. The van der Waals surface area contributed by atoms with Crippen LogP contribution in [0, 0.1) is 0 Å². The van der Waals surface area contributed by atoms with E-state index in [9.17, 15) is 13.6 Å². The van der Waals surface area contributed by atoms with Gasteiger partial charge in [-0.2, -0.15) is 0 Å². The molecule has 1 amide bonds. The van der Waals surface area contributed by atoms with Gasteiger partial charge in [0.15, 0.2) is 0 Å². The fourth-order valence-corrected chi connectivity index (χ4v) is 1.26. The van der Waals surface area contributed by atoms with Crippen LogP contribution in [0.3, 0.4) is 0 Å². The minimum Gasteiger partial charge on any atom is -0.370 e. The Morgan fingerprint density at radius 3 is 2.47 bits per heavy atom. The zero-order valence-electron chi connectivity index (χ0n) is 7.99. The Balaban J connectivity index is 2.85. The van der Waals surface area contributed by atoms with Crippen molar-refractivity contribution >= 4 is 5.91 Å². The normalized spacial score (nSPS) is 12.8. The lowest BCUT2D eigenvalue weighted by Crippen LogP contribution is -2.20. The number of alkyl halides is 2. The molecule has 4 N–H and O–H groups in total. The number of halogens is 2. The molecule has 0 heterocycles. The smallest absolute Gasteiger partial charge is 0.263 e. The van der Waals surface area contributed by atoms with Gasteiger partial charge < -0.3 is 11.5 Å². The summed E-state index contributed by atoms with van der Waals surface area (Å²) in [5, 5.41) is 0. The second-order valence-corrected chi connectivity index (χ2v) is 3.25. The van der Waals surface area contributed by atoms with Crippen molar-refractivity contribution in [3.05, 3.63) is 35.4 Å². The van der Waals surface area contributed by atoms with Crippen molar-refractivity contribution in [2.45, 2.75) is 18.9 Å². The lowest BCUT2D eigenvalue weighted by molar-refractivity contribution is -0.118. The van der Waals surface area contributed by atoms with Gasteiger partial charge in [0.2, 0.25) is 5.91 Å². The number of hydrogen-bond donors (Lipinski definition) is 2. The van der Waals surface area contributed by atoms with Crippen LogP contribution in [0.4, 0.5) is 8.78 Å². The minimum atomic E-state index is -2.54. The molecule has 1 rings (SSSR count). The van der Waals surface area contributed by atoms with Crippen molar-refractivity contribution < 1.29 is 13.6 Å². The highest BCUT2D eigenvalue weighted by Gasteiger charge is 2.12. The van der Waals surface area contributed by atoms with Gasteiger partial charge in [-0.15, -0.1) is 0 Å². The molecule has 0 bridgehead atoms. The number of primary amides is 1. The average molecular weight is 214 g/mol. The number of hydrogen-bond acceptors (Lipinski definition) is 2. The summed E-state index contributed by atoms with van der Waals surface area (Å²) in [5.74, 6) is -0.551. The van der Waals surface area contributed by atoms with Crippen molar-refractivity contribution in [1.82, 2.24) is 0 Å². The van der Waals surface area contributed by atoms with Crippen LogP contribution in [0.2, 0.25) is 0 Å². The first-order chi connectivity index (χ1) is 7.00. The molecule has 1 atom stereocenters. The van der Waals surface area contributed by atoms with E-state index >= 15 is 0 Å². The summed E-state index contributed by atoms with van der Waals surface area (Å²) in [4.78, 5) is 10.6. The summed E-state index contributed by atoms with van der Waals surface area (Å²) in [7, 11) is 0. The Morgan fingerprint density at radius 1 is 1.33 bits per heavy atom. The van der Waals surface area contributed by atoms with Crippen LogP contribution in [-0.4, -0.2) is 5.91 Å². The molecule has 0 saturated carbocycles. The van der Waals surface area contributed by atoms with Crippen molar-refractivity contribution in [2.24, 2.45) is 11.5 Å². The molecule has 0 unspecified atom stereocenters. The maximum absolute atomic E-state index is 12.3. The largest absolute Gasteiger partial charge is 0.370 e. The number of benzene rings is 1. The fourth-order valence-electron chi connectivity index (χ4n) is 1.26. The van der Waals surface area contributed by atoms with E-state index < -0.39 is 18.4 Å². The number of rotatable bonds is 4. The molecule has 1 aromatic carbocycles. The van der Waals surface area contributed by atoms with E-state index in [0.717, 1.165) is 0 Å². The molecule has 0 aliphatic rings. The third-order valence-corrected chi connectivity index (χ3v) is 2.01. The molecule has 0 aliphatic carbocycles. The van der Waals surface area contributed by atoms with Gasteiger partial charge in [0.05, 0.1) is 0 Å². The summed E-state index contributed by atoms with van der Waals surface area (Å²) >= 11 is 0. The topological polar surface area (TPSA) is 69.1 Å². The second-order valence-electron chi connectivity index (χ2n) is 3.25. The third-order valence-electron chi connectivity index (χ3n) is 2.01. The van der Waals surface area contributed by atoms with Crippen molar-refractivity contribution in [3.8, 4) is 0 Å². The first-order valence-corrected chi connectivity index (χ1v) is 4.42. The van der Waals surface area contributed by atoms with Crippen molar-refractivity contribution in [2.75, 3.05) is 0 Å². The number of amides is 1. The van der Waals surface area contributed by atoms with Crippen LogP contribution >= 0.6 is 0 Å². The summed E-state index contributed by atoms with van der Waals surface area (Å²) < 4.78 is 24.7. The van der Waals surface area contributed by atoms with E-state index in [1.165, 1.54) is 18.2 Å². The van der Waals surface area contributed by atoms with Crippen molar-refractivity contribution in [1.29, 1.82) is 0 Å². The Labute approximate surface area is 86.1 Å². The van der Waals surface area contributed by atoms with Crippen LogP contribution in [0.5, 0.6) is 0 Å². The van der Waals surface area contributed by atoms with E-state index in [1.54, 1.807) is 6.07 Å². The van der Waals surface area contributed by atoms with Crippen LogP contribution < -0.4 is 11.5 Å². The van der Waals surface area contributed by atoms with Gasteiger partial charge >= 0.3 is 0 Å². The predicted molar refractivity (Wildman–Crippen MR) is 52.1 cm³/mol. The van der Waals surface area contributed by atoms with Crippen molar-refractivity contribution in [3.63, 3.8) is 0 Å². The summed E-state index contributed by atoms with van der Waals surface area (Å²) in [6.07, 6.45) is -2.59. The second kappa shape index (κ2) is 4.84. The van der Waals surface area contributed by atoms with E-state index in [0.29, 0.717) is 5.56 Å². The Bertz CT molecular complexity index is 355. The van der Waals surface area contributed by atoms with E-state index in [2.05, 4.69) is 0 Å². The highest BCUT2D eigenvalue weighted by atomic mass is 19.3. The lowest BCUT2D eigenvalue weighted by atomic mass is 10.0. The minimum absolute atomic E-state index is 0.0489. The quantitative estimate of drug-likeness (QED) is 0.797. The van der Waals surface area contributed by atoms with E-state index in [1.807, 2.05) is 0 Å². The first kappa shape index (κ1) is 11.6. The SMILES string of the molecule is NC(=O)C[C@@H](N)c1cccc(C(F)F)c1. The molecule has 15 heavy (non-hydrogen) atoms. The van der Waals surface area contributed by atoms with Gasteiger partial charge in [-0.3, -0.25) is 4.79 Å².